The van der Waals surface area contributed by atoms with Crippen LogP contribution in [0.1, 0.15) is 29.8 Å². The maximum absolute atomic E-state index is 12.1. The number of nitrogens with two attached hydrogens (primary N) is 1. The summed E-state index contributed by atoms with van der Waals surface area (Å²) in [5.41, 5.74) is 6.21. The zero-order chi connectivity index (χ0) is 17.6. The highest BCUT2D eigenvalue weighted by Crippen LogP contribution is 2.54. The molecule has 1 rings (SSSR count). The summed E-state index contributed by atoms with van der Waals surface area (Å²) in [7, 11) is -4.03. The molecule has 0 saturated carbocycles. The second-order valence-corrected chi connectivity index (χ2v) is 7.67. The first kappa shape index (κ1) is 19.3. The highest BCUT2D eigenvalue weighted by Gasteiger charge is 2.31. The number of hydrogen-bond donors (Lipinski definition) is 5. The highest BCUT2D eigenvalue weighted by molar-refractivity contribution is 7.58. The molecule has 8 nitrogen and oxygen atoms in total. The topological polar surface area (TPSA) is 158 Å². The van der Waals surface area contributed by atoms with Gasteiger partial charge in [-0.05, 0) is 24.0 Å². The van der Waals surface area contributed by atoms with Gasteiger partial charge in [0.1, 0.15) is 6.04 Å². The van der Waals surface area contributed by atoms with Crippen molar-refractivity contribution in [1.29, 1.82) is 0 Å². The first-order valence-electron chi connectivity index (χ1n) is 6.92. The van der Waals surface area contributed by atoms with Crippen LogP contribution in [0.4, 0.5) is 0 Å². The number of rotatable bonds is 9. The molecular formula is C14H20NO7P. The molecule has 0 aliphatic rings. The normalized spacial score (nSPS) is 16.3. The van der Waals surface area contributed by atoms with Crippen molar-refractivity contribution in [2.45, 2.75) is 31.1 Å². The largest absolute Gasteiger partial charge is 0.481 e. The fraction of sp³-hybridized carbons (Fsp3) is 0.429. The van der Waals surface area contributed by atoms with Crippen molar-refractivity contribution in [1.82, 2.24) is 0 Å². The van der Waals surface area contributed by atoms with E-state index in [1.165, 1.54) is 12.1 Å². The van der Waals surface area contributed by atoms with Gasteiger partial charge in [-0.2, -0.15) is 0 Å². The van der Waals surface area contributed by atoms with Gasteiger partial charge in [0.15, 0.2) is 5.85 Å². The predicted molar refractivity (Wildman–Crippen MR) is 82.3 cm³/mol. The Labute approximate surface area is 133 Å². The Balaban J connectivity index is 2.71. The maximum Gasteiger partial charge on any atom is 0.320 e. The summed E-state index contributed by atoms with van der Waals surface area (Å²) < 4.78 is 12.1. The fourth-order valence-corrected chi connectivity index (χ4v) is 3.44. The van der Waals surface area contributed by atoms with Crippen LogP contribution < -0.4 is 5.73 Å². The lowest BCUT2D eigenvalue weighted by Crippen LogP contribution is -2.31. The number of carboxylic acids is 2. The smallest absolute Gasteiger partial charge is 0.320 e. The van der Waals surface area contributed by atoms with Crippen LogP contribution >= 0.6 is 7.37 Å². The van der Waals surface area contributed by atoms with E-state index >= 15 is 0 Å². The van der Waals surface area contributed by atoms with Gasteiger partial charge < -0.3 is 25.9 Å². The van der Waals surface area contributed by atoms with Crippen molar-refractivity contribution < 1.29 is 34.4 Å². The Morgan fingerprint density at radius 3 is 2.22 bits per heavy atom. The van der Waals surface area contributed by atoms with Crippen molar-refractivity contribution in [3.63, 3.8) is 0 Å². The third-order valence-electron chi connectivity index (χ3n) is 3.37. The fourth-order valence-electron chi connectivity index (χ4n) is 1.91. The van der Waals surface area contributed by atoms with Gasteiger partial charge in [0.2, 0.25) is 7.37 Å². The molecule has 6 N–H and O–H groups in total. The van der Waals surface area contributed by atoms with Crippen molar-refractivity contribution in [2.24, 2.45) is 5.73 Å². The van der Waals surface area contributed by atoms with E-state index in [4.69, 9.17) is 15.9 Å². The van der Waals surface area contributed by atoms with E-state index in [2.05, 4.69) is 0 Å². The first-order chi connectivity index (χ1) is 10.6. The Bertz CT molecular complexity index is 602. The number of carboxylic acid groups (broad SMARTS) is 2. The van der Waals surface area contributed by atoms with Crippen molar-refractivity contribution >= 4 is 19.3 Å². The van der Waals surface area contributed by atoms with Crippen molar-refractivity contribution in [3.8, 4) is 0 Å². The lowest BCUT2D eigenvalue weighted by molar-refractivity contribution is -0.139. The summed E-state index contributed by atoms with van der Waals surface area (Å²) >= 11 is 0. The molecule has 0 radical (unpaired) electrons. The molecule has 0 aliphatic carbocycles. The van der Waals surface area contributed by atoms with Crippen molar-refractivity contribution in [3.05, 3.63) is 35.4 Å². The Kier molecular flexibility index (Phi) is 6.90. The molecule has 0 bridgehead atoms. The molecule has 0 amide bonds. The van der Waals surface area contributed by atoms with Crippen LogP contribution in [-0.4, -0.2) is 44.4 Å². The van der Waals surface area contributed by atoms with Gasteiger partial charge in [0, 0.05) is 12.6 Å². The Hall–Kier alpha value is -1.73. The molecular weight excluding hydrogens is 325 g/mol. The second kappa shape index (κ2) is 8.21. The molecule has 128 valence electrons. The van der Waals surface area contributed by atoms with Gasteiger partial charge in [0.05, 0.1) is 0 Å². The summed E-state index contributed by atoms with van der Waals surface area (Å²) in [5.74, 6) is -3.84. The number of aliphatic hydroxyl groups excluding tert-OH is 1. The zero-order valence-electron chi connectivity index (χ0n) is 12.3. The average molecular weight is 345 g/mol. The summed E-state index contributed by atoms with van der Waals surface area (Å²) in [6, 6.07) is 4.78. The Morgan fingerprint density at radius 1 is 1.17 bits per heavy atom. The van der Waals surface area contributed by atoms with Gasteiger partial charge in [-0.3, -0.25) is 14.2 Å². The van der Waals surface area contributed by atoms with E-state index in [-0.39, 0.29) is 18.4 Å². The molecule has 23 heavy (non-hydrogen) atoms. The number of hydrogen-bond acceptors (Lipinski definition) is 5. The number of aliphatic carboxylic acids is 2. The molecule has 0 aromatic heterocycles. The maximum atomic E-state index is 12.1. The van der Waals surface area contributed by atoms with Crippen LogP contribution in [0.3, 0.4) is 0 Å². The molecule has 2 unspecified atom stereocenters. The monoisotopic (exact) mass is 345 g/mol. The number of aliphatic hydroxyl groups is 1. The Morgan fingerprint density at radius 2 is 1.74 bits per heavy atom. The molecule has 3 atom stereocenters. The molecule has 0 aliphatic heterocycles. The summed E-state index contributed by atoms with van der Waals surface area (Å²) in [6.07, 6.45) is -0.358. The molecule has 0 heterocycles. The predicted octanol–water partition coefficient (Wildman–Crippen LogP) is 0.767. The van der Waals surface area contributed by atoms with Gasteiger partial charge in [-0.15, -0.1) is 0 Å². The van der Waals surface area contributed by atoms with E-state index in [9.17, 15) is 24.2 Å². The summed E-state index contributed by atoms with van der Waals surface area (Å²) in [5, 5.41) is 27.3. The lowest BCUT2D eigenvalue weighted by Gasteiger charge is -2.19. The van der Waals surface area contributed by atoms with Crippen LogP contribution in [0.15, 0.2) is 24.3 Å². The number of benzene rings is 1. The molecule has 9 heteroatoms. The lowest BCUT2D eigenvalue weighted by atomic mass is 10.1. The minimum Gasteiger partial charge on any atom is -0.481 e. The van der Waals surface area contributed by atoms with Crippen LogP contribution in [0.5, 0.6) is 0 Å². The third-order valence-corrected chi connectivity index (χ3v) is 5.33. The van der Waals surface area contributed by atoms with E-state index in [1.54, 1.807) is 12.1 Å². The van der Waals surface area contributed by atoms with Crippen LogP contribution in [0, 0.1) is 0 Å². The summed E-state index contributed by atoms with van der Waals surface area (Å²) in [4.78, 5) is 31.0. The standard InChI is InChI=1S/C14H20NO7P/c15-11(13(18)19)7-8-23(21,22)14(20)10-4-1-9(2-5-10)3-6-12(16)17/h1-2,4-5,11,14,20H,3,6-8,15H2,(H,16,17)(H,18,19)(H,21,22)/t11-,14?/m0/s1. The van der Waals surface area contributed by atoms with E-state index in [0.717, 1.165) is 5.56 Å². The van der Waals surface area contributed by atoms with Crippen molar-refractivity contribution in [2.75, 3.05) is 6.16 Å². The van der Waals surface area contributed by atoms with E-state index in [0.29, 0.717) is 6.42 Å². The SMILES string of the molecule is N[C@@H](CCP(=O)(O)C(O)c1ccc(CCC(=O)O)cc1)C(=O)O. The van der Waals surface area contributed by atoms with Gasteiger partial charge in [-0.25, -0.2) is 0 Å². The highest BCUT2D eigenvalue weighted by atomic mass is 31.2. The molecule has 1 aromatic rings. The van der Waals surface area contributed by atoms with Crippen LogP contribution in [0.2, 0.25) is 0 Å². The molecule has 0 saturated heterocycles. The molecule has 0 fully saturated rings. The van der Waals surface area contributed by atoms with Crippen LogP contribution in [-0.2, 0) is 20.6 Å². The molecule has 0 spiro atoms. The minimum atomic E-state index is -4.03. The van der Waals surface area contributed by atoms with Gasteiger partial charge in [0.25, 0.3) is 0 Å². The van der Waals surface area contributed by atoms with Gasteiger partial charge in [-0.1, -0.05) is 24.3 Å². The first-order valence-corrected chi connectivity index (χ1v) is 8.83. The minimum absolute atomic E-state index is 0.0343. The third kappa shape index (κ3) is 6.11. The zero-order valence-corrected chi connectivity index (χ0v) is 13.2. The van der Waals surface area contributed by atoms with Gasteiger partial charge >= 0.3 is 11.9 Å². The van der Waals surface area contributed by atoms with Crippen LogP contribution in [0.25, 0.3) is 0 Å². The van der Waals surface area contributed by atoms with E-state index in [1.807, 2.05) is 0 Å². The number of aryl methyl sites for hydroxylation is 1. The quantitative estimate of drug-likeness (QED) is 0.410. The second-order valence-electron chi connectivity index (χ2n) is 5.22. The van der Waals surface area contributed by atoms with E-state index < -0.39 is 37.4 Å². The molecule has 1 aromatic carbocycles. The number of carbonyl (C=O) groups is 2. The average Bonchev–Trinajstić information content (AvgIpc) is 2.50. The summed E-state index contributed by atoms with van der Waals surface area (Å²) in [6.45, 7) is 0.